The van der Waals surface area contributed by atoms with Crippen LogP contribution in [-0.4, -0.2) is 56.9 Å². The predicted molar refractivity (Wildman–Crippen MR) is 107 cm³/mol. The normalized spacial score (nSPS) is 12.1. The molecule has 2 atom stereocenters. The molecule has 0 aliphatic rings. The fourth-order valence-corrected chi connectivity index (χ4v) is 2.46. The van der Waals surface area contributed by atoms with Gasteiger partial charge in [0.05, 0.1) is 14.2 Å². The minimum Gasteiger partial charge on any atom is -0.467 e. The van der Waals surface area contributed by atoms with Crippen molar-refractivity contribution in [1.29, 1.82) is 0 Å². The van der Waals surface area contributed by atoms with Gasteiger partial charge in [-0.15, -0.1) is 0 Å². The van der Waals surface area contributed by atoms with Crippen LogP contribution in [0.1, 0.15) is 31.7 Å². The van der Waals surface area contributed by atoms with E-state index < -0.39 is 36.1 Å². The first-order valence-electron chi connectivity index (χ1n) is 9.54. The van der Waals surface area contributed by atoms with Gasteiger partial charge < -0.3 is 30.2 Å². The van der Waals surface area contributed by atoms with Gasteiger partial charge in [0.1, 0.15) is 18.7 Å². The highest BCUT2D eigenvalue weighted by Crippen LogP contribution is 2.04. The van der Waals surface area contributed by atoms with Crippen LogP contribution in [0.5, 0.6) is 0 Å². The number of ether oxygens (including phenoxy) is 3. The van der Waals surface area contributed by atoms with Gasteiger partial charge in [-0.3, -0.25) is 0 Å². The number of amides is 3. The second kappa shape index (κ2) is 13.8. The van der Waals surface area contributed by atoms with Gasteiger partial charge in [0, 0.05) is 6.54 Å². The van der Waals surface area contributed by atoms with Crippen molar-refractivity contribution in [3.05, 3.63) is 35.9 Å². The molecular weight excluding hydrogens is 394 g/mol. The Labute approximate surface area is 175 Å². The Balaban J connectivity index is 2.30. The molecule has 1 rings (SSSR count). The van der Waals surface area contributed by atoms with Crippen LogP contribution < -0.4 is 16.0 Å². The van der Waals surface area contributed by atoms with Gasteiger partial charge in [-0.05, 0) is 31.7 Å². The summed E-state index contributed by atoms with van der Waals surface area (Å²) in [5.41, 5.74) is 0.888. The number of carbonyl (C=O) groups excluding carboxylic acids is 4. The smallest absolute Gasteiger partial charge is 0.407 e. The largest absolute Gasteiger partial charge is 0.467 e. The highest BCUT2D eigenvalue weighted by atomic mass is 16.5. The van der Waals surface area contributed by atoms with E-state index in [1.165, 1.54) is 21.1 Å². The Morgan fingerprint density at radius 2 is 1.60 bits per heavy atom. The van der Waals surface area contributed by atoms with E-state index in [4.69, 9.17) is 9.47 Å². The second-order valence-corrected chi connectivity index (χ2v) is 6.42. The van der Waals surface area contributed by atoms with Crippen LogP contribution in [0.3, 0.4) is 0 Å². The maximum Gasteiger partial charge on any atom is 0.407 e. The topological polar surface area (TPSA) is 132 Å². The van der Waals surface area contributed by atoms with Crippen molar-refractivity contribution >= 4 is 24.1 Å². The summed E-state index contributed by atoms with van der Waals surface area (Å²) in [7, 11) is 2.43. The number of esters is 2. The molecule has 0 aliphatic carbocycles. The van der Waals surface area contributed by atoms with Crippen LogP contribution in [-0.2, 0) is 30.4 Å². The number of hydrogen-bond donors (Lipinski definition) is 3. The van der Waals surface area contributed by atoms with Crippen LogP contribution >= 0.6 is 0 Å². The highest BCUT2D eigenvalue weighted by molar-refractivity contribution is 5.86. The molecule has 166 valence electrons. The lowest BCUT2D eigenvalue weighted by molar-refractivity contribution is -0.143. The van der Waals surface area contributed by atoms with E-state index in [9.17, 15) is 19.2 Å². The Hall–Kier alpha value is -3.30. The molecule has 0 radical (unpaired) electrons. The number of hydrogen-bond acceptors (Lipinski definition) is 7. The van der Waals surface area contributed by atoms with Crippen LogP contribution in [0.15, 0.2) is 30.3 Å². The van der Waals surface area contributed by atoms with Gasteiger partial charge in [-0.25, -0.2) is 19.2 Å². The molecule has 10 nitrogen and oxygen atoms in total. The lowest BCUT2D eigenvalue weighted by Crippen LogP contribution is -2.50. The van der Waals surface area contributed by atoms with Crippen molar-refractivity contribution in [3.8, 4) is 0 Å². The van der Waals surface area contributed by atoms with Crippen molar-refractivity contribution < 1.29 is 33.4 Å². The van der Waals surface area contributed by atoms with Gasteiger partial charge in [0.25, 0.3) is 0 Å². The van der Waals surface area contributed by atoms with Crippen LogP contribution in [0.4, 0.5) is 9.59 Å². The SMILES string of the molecule is COC(=O)[C@H](C)NC(=O)N[C@@H](CCCCNC(=O)OCc1ccccc1)C(=O)OC. The van der Waals surface area contributed by atoms with Crippen molar-refractivity contribution in [3.63, 3.8) is 0 Å². The molecule has 0 unspecified atom stereocenters. The fraction of sp³-hybridized carbons (Fsp3) is 0.500. The van der Waals surface area contributed by atoms with Gasteiger partial charge in [-0.1, -0.05) is 30.3 Å². The molecule has 0 aromatic heterocycles. The van der Waals surface area contributed by atoms with Crippen molar-refractivity contribution in [2.45, 2.75) is 44.9 Å². The van der Waals surface area contributed by atoms with Crippen LogP contribution in [0, 0.1) is 0 Å². The molecule has 3 N–H and O–H groups in total. The molecule has 0 saturated carbocycles. The summed E-state index contributed by atoms with van der Waals surface area (Å²) in [6.45, 7) is 1.99. The van der Waals surface area contributed by atoms with E-state index in [2.05, 4.69) is 20.7 Å². The molecule has 30 heavy (non-hydrogen) atoms. The van der Waals surface area contributed by atoms with E-state index in [0.717, 1.165) is 5.56 Å². The molecule has 1 aromatic carbocycles. The van der Waals surface area contributed by atoms with E-state index in [1.54, 1.807) is 0 Å². The third-order valence-electron chi connectivity index (χ3n) is 4.10. The zero-order chi connectivity index (χ0) is 22.4. The summed E-state index contributed by atoms with van der Waals surface area (Å²) in [4.78, 5) is 46.9. The monoisotopic (exact) mass is 423 g/mol. The fourth-order valence-electron chi connectivity index (χ4n) is 2.46. The summed E-state index contributed by atoms with van der Waals surface area (Å²) >= 11 is 0. The average molecular weight is 423 g/mol. The molecule has 0 saturated heterocycles. The Bertz CT molecular complexity index is 697. The van der Waals surface area contributed by atoms with E-state index in [1.807, 2.05) is 30.3 Å². The molecule has 10 heteroatoms. The molecule has 0 bridgehead atoms. The number of alkyl carbamates (subject to hydrolysis) is 1. The molecule has 0 spiro atoms. The Morgan fingerprint density at radius 1 is 0.933 bits per heavy atom. The van der Waals surface area contributed by atoms with E-state index in [-0.39, 0.29) is 6.61 Å². The second-order valence-electron chi connectivity index (χ2n) is 6.42. The van der Waals surface area contributed by atoms with Crippen LogP contribution in [0.25, 0.3) is 0 Å². The lowest BCUT2D eigenvalue weighted by Gasteiger charge is -2.18. The summed E-state index contributed by atoms with van der Waals surface area (Å²) < 4.78 is 14.3. The molecule has 0 heterocycles. The third kappa shape index (κ3) is 9.76. The molecule has 1 aromatic rings. The number of methoxy groups -OCH3 is 2. The number of rotatable bonds is 11. The zero-order valence-electron chi connectivity index (χ0n) is 17.4. The number of carbonyl (C=O) groups is 4. The Morgan fingerprint density at radius 3 is 2.23 bits per heavy atom. The summed E-state index contributed by atoms with van der Waals surface area (Å²) in [5, 5.41) is 7.48. The van der Waals surface area contributed by atoms with Crippen molar-refractivity contribution in [2.75, 3.05) is 20.8 Å². The molecule has 3 amide bonds. The lowest BCUT2D eigenvalue weighted by atomic mass is 10.1. The van der Waals surface area contributed by atoms with Crippen LogP contribution in [0.2, 0.25) is 0 Å². The average Bonchev–Trinajstić information content (AvgIpc) is 2.75. The number of benzene rings is 1. The Kier molecular flexibility index (Phi) is 11.4. The predicted octanol–water partition coefficient (Wildman–Crippen LogP) is 1.49. The third-order valence-corrected chi connectivity index (χ3v) is 4.10. The summed E-state index contributed by atoms with van der Waals surface area (Å²) in [6, 6.07) is 6.88. The van der Waals surface area contributed by atoms with E-state index >= 15 is 0 Å². The number of unbranched alkanes of at least 4 members (excludes halogenated alkanes) is 1. The van der Waals surface area contributed by atoms with Gasteiger partial charge in [0.15, 0.2) is 0 Å². The maximum atomic E-state index is 12.0. The first-order valence-corrected chi connectivity index (χ1v) is 9.54. The minimum atomic E-state index is -0.884. The molecule has 0 aliphatic heterocycles. The zero-order valence-corrected chi connectivity index (χ0v) is 17.4. The first-order chi connectivity index (χ1) is 14.4. The van der Waals surface area contributed by atoms with Gasteiger partial charge in [0.2, 0.25) is 0 Å². The summed E-state index contributed by atoms with van der Waals surface area (Å²) in [6.07, 6.45) is 0.868. The van der Waals surface area contributed by atoms with Gasteiger partial charge in [-0.2, -0.15) is 0 Å². The standard InChI is InChI=1S/C20H29N3O7/c1-14(17(24)28-2)22-19(26)23-16(18(25)29-3)11-7-8-12-21-20(27)30-13-15-9-5-4-6-10-15/h4-6,9-10,14,16H,7-8,11-13H2,1-3H3,(H,21,27)(H2,22,23,26)/t14-,16-/m0/s1. The van der Waals surface area contributed by atoms with E-state index in [0.29, 0.717) is 25.8 Å². The highest BCUT2D eigenvalue weighted by Gasteiger charge is 2.23. The van der Waals surface area contributed by atoms with Crippen molar-refractivity contribution in [1.82, 2.24) is 16.0 Å². The molecular formula is C20H29N3O7. The summed E-state index contributed by atoms with van der Waals surface area (Å²) in [5.74, 6) is -1.21. The number of urea groups is 1. The van der Waals surface area contributed by atoms with Gasteiger partial charge >= 0.3 is 24.1 Å². The quantitative estimate of drug-likeness (QED) is 0.279. The first kappa shape index (κ1) is 24.7. The molecule has 0 fully saturated rings. The number of nitrogens with one attached hydrogen (secondary N) is 3. The maximum absolute atomic E-state index is 12.0. The minimum absolute atomic E-state index is 0.181. The van der Waals surface area contributed by atoms with Crippen molar-refractivity contribution in [2.24, 2.45) is 0 Å².